The number of carbonyl (C=O) groups is 1. The number of nitrogens with zero attached hydrogens (tertiary/aromatic N) is 4. The summed E-state index contributed by atoms with van der Waals surface area (Å²) in [6.45, 7) is 4.44. The van der Waals surface area contributed by atoms with E-state index in [0.717, 1.165) is 50.5 Å². The van der Waals surface area contributed by atoms with Crippen molar-refractivity contribution in [3.05, 3.63) is 11.6 Å². The lowest BCUT2D eigenvalue weighted by Gasteiger charge is -2.34. The number of piperidine rings is 1. The van der Waals surface area contributed by atoms with Gasteiger partial charge in [-0.25, -0.2) is 0 Å². The Bertz CT molecular complexity index is 514. The monoisotopic (exact) mass is 292 g/mol. The van der Waals surface area contributed by atoms with Crippen LogP contribution in [-0.2, 0) is 17.8 Å². The Hall–Kier alpha value is -1.43. The molecule has 2 aliphatic heterocycles. The van der Waals surface area contributed by atoms with Crippen molar-refractivity contribution < 1.29 is 9.90 Å². The number of likely N-dealkylation sites (tertiary alicyclic amines) is 1. The summed E-state index contributed by atoms with van der Waals surface area (Å²) in [6.07, 6.45) is 6.79. The van der Waals surface area contributed by atoms with Crippen LogP contribution in [0, 0.1) is 0 Å². The van der Waals surface area contributed by atoms with Crippen molar-refractivity contribution in [2.75, 3.05) is 13.1 Å². The van der Waals surface area contributed by atoms with Crippen molar-refractivity contribution in [1.29, 1.82) is 0 Å². The Morgan fingerprint density at radius 3 is 2.90 bits per heavy atom. The van der Waals surface area contributed by atoms with E-state index in [1.165, 1.54) is 19.3 Å². The van der Waals surface area contributed by atoms with Crippen molar-refractivity contribution in [1.82, 2.24) is 19.7 Å². The smallest absolute Gasteiger partial charge is 0.320 e. The minimum absolute atomic E-state index is 0.319. The van der Waals surface area contributed by atoms with Gasteiger partial charge in [-0.05, 0) is 39.2 Å². The summed E-state index contributed by atoms with van der Waals surface area (Å²) in [5.74, 6) is 1.77. The Labute approximate surface area is 125 Å². The number of carboxylic acids is 1. The van der Waals surface area contributed by atoms with Gasteiger partial charge in [0.2, 0.25) is 0 Å². The first-order valence-corrected chi connectivity index (χ1v) is 8.05. The van der Waals surface area contributed by atoms with Crippen LogP contribution in [0.3, 0.4) is 0 Å². The highest BCUT2D eigenvalue weighted by molar-refractivity contribution is 5.72. The van der Waals surface area contributed by atoms with Crippen LogP contribution < -0.4 is 0 Å². The second-order valence-electron chi connectivity index (χ2n) is 6.29. The van der Waals surface area contributed by atoms with E-state index in [4.69, 9.17) is 0 Å². The molecule has 0 spiro atoms. The van der Waals surface area contributed by atoms with Crippen molar-refractivity contribution in [3.8, 4) is 0 Å². The second kappa shape index (κ2) is 6.13. The highest BCUT2D eigenvalue weighted by Gasteiger charge is 2.31. The van der Waals surface area contributed by atoms with Crippen molar-refractivity contribution in [2.45, 2.75) is 64.0 Å². The van der Waals surface area contributed by atoms with Crippen molar-refractivity contribution in [3.63, 3.8) is 0 Å². The molecular formula is C15H24N4O2. The molecule has 0 aromatic carbocycles. The molecule has 1 aromatic rings. The molecule has 2 unspecified atom stereocenters. The highest BCUT2D eigenvalue weighted by Crippen LogP contribution is 2.28. The van der Waals surface area contributed by atoms with Crippen LogP contribution in [-0.4, -0.2) is 49.9 Å². The Morgan fingerprint density at radius 1 is 1.24 bits per heavy atom. The van der Waals surface area contributed by atoms with Crippen molar-refractivity contribution >= 4 is 5.97 Å². The fraction of sp³-hybridized carbons (Fsp3) is 0.800. The summed E-state index contributed by atoms with van der Waals surface area (Å²) < 4.78 is 2.30. The number of aliphatic carboxylic acids is 1. The lowest BCUT2D eigenvalue weighted by Crippen LogP contribution is -2.44. The van der Waals surface area contributed by atoms with Crippen LogP contribution in [0.2, 0.25) is 0 Å². The third kappa shape index (κ3) is 2.95. The number of fused-ring (bicyclic) bond motifs is 1. The van der Waals surface area contributed by atoms with Gasteiger partial charge in [0, 0.05) is 25.4 Å². The number of hydrogen-bond donors (Lipinski definition) is 1. The van der Waals surface area contributed by atoms with Crippen LogP contribution in [0.25, 0.3) is 0 Å². The first kappa shape index (κ1) is 14.5. The van der Waals surface area contributed by atoms with Gasteiger partial charge in [-0.3, -0.25) is 9.69 Å². The molecule has 6 nitrogen and oxygen atoms in total. The van der Waals surface area contributed by atoms with Gasteiger partial charge in [0.15, 0.2) is 0 Å². The molecule has 6 heteroatoms. The first-order valence-electron chi connectivity index (χ1n) is 8.05. The lowest BCUT2D eigenvalue weighted by atomic mass is 9.96. The molecule has 1 aromatic heterocycles. The van der Waals surface area contributed by atoms with Crippen LogP contribution >= 0.6 is 0 Å². The summed E-state index contributed by atoms with van der Waals surface area (Å²) >= 11 is 0. The fourth-order valence-electron chi connectivity index (χ4n) is 3.53. The molecule has 0 aliphatic carbocycles. The maximum absolute atomic E-state index is 11.2. The van der Waals surface area contributed by atoms with E-state index in [9.17, 15) is 9.90 Å². The minimum Gasteiger partial charge on any atom is -0.480 e. The Morgan fingerprint density at radius 2 is 2.10 bits per heavy atom. The molecule has 1 N–H and O–H groups in total. The molecule has 0 saturated carbocycles. The molecule has 2 aliphatic rings. The molecule has 0 amide bonds. The normalized spacial score (nSPS) is 25.1. The van der Waals surface area contributed by atoms with Crippen molar-refractivity contribution in [2.24, 2.45) is 0 Å². The lowest BCUT2D eigenvalue weighted by molar-refractivity contribution is -0.143. The maximum Gasteiger partial charge on any atom is 0.320 e. The van der Waals surface area contributed by atoms with Crippen LogP contribution in [0.15, 0.2) is 0 Å². The standard InChI is InChI=1S/C15H24N4O2/c1-11(15(20)21)18-8-5-6-12(10-18)14-17-16-13-7-3-2-4-9-19(13)14/h11-12H,2-10H2,1H3,(H,20,21). The van der Waals surface area contributed by atoms with Gasteiger partial charge in [0.25, 0.3) is 0 Å². The number of aromatic nitrogens is 3. The third-order valence-electron chi connectivity index (χ3n) is 4.86. The highest BCUT2D eigenvalue weighted by atomic mass is 16.4. The Balaban J connectivity index is 1.77. The van der Waals surface area contributed by atoms with E-state index >= 15 is 0 Å². The zero-order chi connectivity index (χ0) is 14.8. The molecular weight excluding hydrogens is 268 g/mol. The molecule has 3 heterocycles. The van der Waals surface area contributed by atoms with Gasteiger partial charge in [0.05, 0.1) is 0 Å². The summed E-state index contributed by atoms with van der Waals surface area (Å²) in [5, 5.41) is 18.0. The van der Waals surface area contributed by atoms with E-state index in [2.05, 4.69) is 19.7 Å². The van der Waals surface area contributed by atoms with E-state index in [1.54, 1.807) is 6.92 Å². The molecule has 1 saturated heterocycles. The summed E-state index contributed by atoms with van der Waals surface area (Å²) in [6, 6.07) is -0.417. The average molecular weight is 292 g/mol. The zero-order valence-corrected chi connectivity index (χ0v) is 12.7. The van der Waals surface area contributed by atoms with Gasteiger partial charge in [-0.15, -0.1) is 10.2 Å². The molecule has 2 atom stereocenters. The number of rotatable bonds is 3. The Kier molecular flexibility index (Phi) is 4.24. The van der Waals surface area contributed by atoms with E-state index < -0.39 is 12.0 Å². The predicted octanol–water partition coefficient (Wildman–Crippen LogP) is 1.66. The van der Waals surface area contributed by atoms with E-state index in [0.29, 0.717) is 5.92 Å². The third-order valence-corrected chi connectivity index (χ3v) is 4.86. The fourth-order valence-corrected chi connectivity index (χ4v) is 3.53. The zero-order valence-electron chi connectivity index (χ0n) is 12.7. The molecule has 0 radical (unpaired) electrons. The number of hydrogen-bond acceptors (Lipinski definition) is 4. The van der Waals surface area contributed by atoms with Gasteiger partial charge in [0.1, 0.15) is 17.7 Å². The van der Waals surface area contributed by atoms with Gasteiger partial charge in [-0.2, -0.15) is 0 Å². The summed E-state index contributed by atoms with van der Waals surface area (Å²) in [4.78, 5) is 13.3. The average Bonchev–Trinajstić information content (AvgIpc) is 2.75. The minimum atomic E-state index is -0.740. The maximum atomic E-state index is 11.2. The number of aryl methyl sites for hydroxylation is 1. The molecule has 21 heavy (non-hydrogen) atoms. The van der Waals surface area contributed by atoms with Gasteiger partial charge >= 0.3 is 5.97 Å². The first-order chi connectivity index (χ1) is 10.2. The molecule has 3 rings (SSSR count). The topological polar surface area (TPSA) is 71.2 Å². The van der Waals surface area contributed by atoms with E-state index in [-0.39, 0.29) is 0 Å². The van der Waals surface area contributed by atoms with Crippen LogP contribution in [0.1, 0.15) is 56.6 Å². The number of carboxylic acid groups (broad SMARTS) is 1. The largest absolute Gasteiger partial charge is 0.480 e. The van der Waals surface area contributed by atoms with Crippen LogP contribution in [0.5, 0.6) is 0 Å². The van der Waals surface area contributed by atoms with Crippen LogP contribution in [0.4, 0.5) is 0 Å². The summed E-state index contributed by atoms with van der Waals surface area (Å²) in [5.41, 5.74) is 0. The van der Waals surface area contributed by atoms with Gasteiger partial charge < -0.3 is 9.67 Å². The molecule has 116 valence electrons. The summed E-state index contributed by atoms with van der Waals surface area (Å²) in [7, 11) is 0. The predicted molar refractivity (Wildman–Crippen MR) is 78.2 cm³/mol. The quantitative estimate of drug-likeness (QED) is 0.917. The van der Waals surface area contributed by atoms with E-state index in [1.807, 2.05) is 0 Å². The molecule has 1 fully saturated rings. The second-order valence-corrected chi connectivity index (χ2v) is 6.29. The SMILES string of the molecule is CC(C(=O)O)N1CCCC(c2nnc3n2CCCCC3)C1. The molecule has 0 bridgehead atoms. The van der Waals surface area contributed by atoms with Gasteiger partial charge in [-0.1, -0.05) is 6.42 Å².